The lowest BCUT2D eigenvalue weighted by atomic mass is 9.96. The first-order valence-electron chi connectivity index (χ1n) is 10.7. The second kappa shape index (κ2) is 10.3. The van der Waals surface area contributed by atoms with Gasteiger partial charge in [-0.2, -0.15) is 0 Å². The summed E-state index contributed by atoms with van der Waals surface area (Å²) in [4.78, 5) is 16.5. The van der Waals surface area contributed by atoms with E-state index in [0.29, 0.717) is 12.5 Å². The normalized spacial score (nSPS) is 16.9. The van der Waals surface area contributed by atoms with Gasteiger partial charge in [0.25, 0.3) is 5.91 Å². The molecule has 1 saturated heterocycles. The second-order valence-corrected chi connectivity index (χ2v) is 7.83. The molecule has 0 aliphatic carbocycles. The molecule has 0 radical (unpaired) electrons. The molecule has 1 amide bonds. The fourth-order valence-electron chi connectivity index (χ4n) is 4.06. The average Bonchev–Trinajstić information content (AvgIpc) is 2.79. The Morgan fingerprint density at radius 1 is 1.10 bits per heavy atom. The molecule has 0 spiro atoms. The minimum absolute atomic E-state index is 0.0266. The van der Waals surface area contributed by atoms with Crippen molar-refractivity contribution in [1.29, 1.82) is 0 Å². The van der Waals surface area contributed by atoms with Crippen molar-refractivity contribution < 1.29 is 14.4 Å². The van der Waals surface area contributed by atoms with Crippen molar-refractivity contribution in [2.24, 2.45) is 0 Å². The molecule has 2 atom stereocenters. The smallest absolute Gasteiger partial charge is 0.278 e. The molecule has 2 aromatic rings. The van der Waals surface area contributed by atoms with Gasteiger partial charge in [-0.15, -0.1) is 0 Å². The number of anilines is 1. The molecular formula is C24H34N3O2+. The number of carbonyl (C=O) groups excluding carboxylic acids is 1. The van der Waals surface area contributed by atoms with Crippen molar-refractivity contribution in [1.82, 2.24) is 5.32 Å². The average molecular weight is 397 g/mol. The zero-order valence-electron chi connectivity index (χ0n) is 17.9. The summed E-state index contributed by atoms with van der Waals surface area (Å²) in [6.45, 7) is 8.79. The molecule has 1 aliphatic heterocycles. The van der Waals surface area contributed by atoms with Crippen LogP contribution in [0.4, 0.5) is 5.69 Å². The number of carbonyl (C=O) groups is 1. The van der Waals surface area contributed by atoms with E-state index in [1.807, 2.05) is 18.2 Å². The van der Waals surface area contributed by atoms with Crippen LogP contribution in [-0.2, 0) is 4.79 Å². The Morgan fingerprint density at radius 3 is 2.34 bits per heavy atom. The molecule has 5 heteroatoms. The summed E-state index contributed by atoms with van der Waals surface area (Å²) in [5.74, 6) is 1.41. The summed E-state index contributed by atoms with van der Waals surface area (Å²) in [6, 6.07) is 18.6. The van der Waals surface area contributed by atoms with Gasteiger partial charge < -0.3 is 19.9 Å². The second-order valence-electron chi connectivity index (χ2n) is 7.83. The first-order valence-corrected chi connectivity index (χ1v) is 10.7. The highest BCUT2D eigenvalue weighted by Gasteiger charge is 2.29. The Bertz CT molecular complexity index is 755. The van der Waals surface area contributed by atoms with Gasteiger partial charge in [0.2, 0.25) is 0 Å². The van der Waals surface area contributed by atoms with E-state index in [1.54, 1.807) is 7.11 Å². The monoisotopic (exact) mass is 396 g/mol. The number of hydrogen-bond acceptors (Lipinski definition) is 3. The van der Waals surface area contributed by atoms with Crippen molar-refractivity contribution in [3.63, 3.8) is 0 Å². The topological polar surface area (TPSA) is 46.0 Å². The van der Waals surface area contributed by atoms with Gasteiger partial charge in [-0.3, -0.25) is 4.79 Å². The first kappa shape index (κ1) is 21.2. The number of quaternary nitrogens is 1. The molecule has 1 fully saturated rings. The molecule has 5 nitrogen and oxygen atoms in total. The fraction of sp³-hybridized carbons (Fsp3) is 0.458. The summed E-state index contributed by atoms with van der Waals surface area (Å²) in [5, 5.41) is 3.20. The molecule has 0 unspecified atom stereocenters. The van der Waals surface area contributed by atoms with Crippen molar-refractivity contribution in [2.45, 2.75) is 32.2 Å². The van der Waals surface area contributed by atoms with Crippen molar-refractivity contribution >= 4 is 11.6 Å². The van der Waals surface area contributed by atoms with Crippen LogP contribution in [-0.4, -0.2) is 51.8 Å². The highest BCUT2D eigenvalue weighted by Crippen LogP contribution is 2.19. The Hall–Kier alpha value is -2.53. The van der Waals surface area contributed by atoms with Crippen LogP contribution in [0.1, 0.15) is 31.7 Å². The van der Waals surface area contributed by atoms with Gasteiger partial charge in [-0.05, 0) is 43.2 Å². The molecule has 3 rings (SSSR count). The van der Waals surface area contributed by atoms with Crippen LogP contribution in [0.2, 0.25) is 0 Å². The van der Waals surface area contributed by atoms with Crippen LogP contribution < -0.4 is 19.9 Å². The van der Waals surface area contributed by atoms with Gasteiger partial charge in [0.05, 0.1) is 33.3 Å². The van der Waals surface area contributed by atoms with Crippen molar-refractivity contribution in [3.05, 3.63) is 60.2 Å². The number of hydrogen-bond donors (Lipinski definition) is 2. The van der Waals surface area contributed by atoms with Gasteiger partial charge in [-0.25, -0.2) is 0 Å². The number of piperazine rings is 1. The predicted octanol–water partition coefficient (Wildman–Crippen LogP) is 2.10. The summed E-state index contributed by atoms with van der Waals surface area (Å²) in [6.07, 6.45) is 1.02. The molecule has 0 aromatic heterocycles. The molecule has 0 saturated carbocycles. The molecule has 156 valence electrons. The Labute approximate surface area is 174 Å². The molecule has 29 heavy (non-hydrogen) atoms. The van der Waals surface area contributed by atoms with E-state index < -0.39 is 0 Å². The summed E-state index contributed by atoms with van der Waals surface area (Å²) in [5.41, 5.74) is 2.51. The van der Waals surface area contributed by atoms with Crippen molar-refractivity contribution in [2.75, 3.05) is 44.7 Å². The summed E-state index contributed by atoms with van der Waals surface area (Å²) < 4.78 is 5.24. The van der Waals surface area contributed by atoms with Crippen molar-refractivity contribution in [3.8, 4) is 5.75 Å². The SMILES string of the molecule is CC[C@@H](CNC(=O)[C@H](C)[NH+]1CCN(c2ccc(OC)cc2)CC1)c1ccccc1. The molecule has 2 N–H and O–H groups in total. The third-order valence-corrected chi connectivity index (χ3v) is 6.14. The van der Waals surface area contributed by atoms with E-state index in [4.69, 9.17) is 4.74 Å². The molecular weight excluding hydrogens is 362 g/mol. The van der Waals surface area contributed by atoms with Gasteiger partial charge in [0.15, 0.2) is 6.04 Å². The maximum atomic E-state index is 12.8. The quantitative estimate of drug-likeness (QED) is 0.718. The van der Waals surface area contributed by atoms with E-state index >= 15 is 0 Å². The van der Waals surface area contributed by atoms with Gasteiger partial charge >= 0.3 is 0 Å². The molecule has 2 aromatic carbocycles. The first-order chi connectivity index (χ1) is 14.1. The van der Waals surface area contributed by atoms with Crippen LogP contribution in [0, 0.1) is 0 Å². The number of rotatable bonds is 8. The van der Waals surface area contributed by atoms with Crippen LogP contribution in [0.25, 0.3) is 0 Å². The number of methoxy groups -OCH3 is 1. The third kappa shape index (κ3) is 5.51. The fourth-order valence-corrected chi connectivity index (χ4v) is 4.06. The van der Waals surface area contributed by atoms with Gasteiger partial charge in [-0.1, -0.05) is 37.3 Å². The van der Waals surface area contributed by atoms with Crippen LogP contribution in [0.15, 0.2) is 54.6 Å². The number of nitrogens with one attached hydrogen (secondary N) is 2. The zero-order valence-corrected chi connectivity index (χ0v) is 17.9. The highest BCUT2D eigenvalue weighted by atomic mass is 16.5. The highest BCUT2D eigenvalue weighted by molar-refractivity contribution is 5.80. The van der Waals surface area contributed by atoms with Crippen LogP contribution in [0.3, 0.4) is 0 Å². The number of benzene rings is 2. The minimum atomic E-state index is -0.0266. The molecule has 1 aliphatic rings. The lowest BCUT2D eigenvalue weighted by Gasteiger charge is -2.36. The Morgan fingerprint density at radius 2 is 1.76 bits per heavy atom. The number of ether oxygens (including phenoxy) is 1. The minimum Gasteiger partial charge on any atom is -0.497 e. The standard InChI is InChI=1S/C24H33N3O2/c1-4-20(21-8-6-5-7-9-21)18-25-24(28)19(2)26-14-16-27(17-15-26)22-10-12-23(29-3)13-11-22/h5-13,19-20H,4,14-18H2,1-3H3,(H,25,28)/p+1/t19-,20-/m0/s1. The largest absolute Gasteiger partial charge is 0.497 e. The van der Waals surface area contributed by atoms with E-state index in [9.17, 15) is 4.79 Å². The van der Waals surface area contributed by atoms with Gasteiger partial charge in [0.1, 0.15) is 5.75 Å². The van der Waals surface area contributed by atoms with E-state index in [0.717, 1.165) is 38.3 Å². The maximum absolute atomic E-state index is 12.8. The number of amides is 1. The molecule has 0 bridgehead atoms. The van der Waals surface area contributed by atoms with Crippen LogP contribution >= 0.6 is 0 Å². The zero-order chi connectivity index (χ0) is 20.6. The summed E-state index contributed by atoms with van der Waals surface area (Å²) >= 11 is 0. The molecule has 1 heterocycles. The lowest BCUT2D eigenvalue weighted by molar-refractivity contribution is -0.914. The lowest BCUT2D eigenvalue weighted by Crippen LogP contribution is -3.19. The van der Waals surface area contributed by atoms with E-state index in [-0.39, 0.29) is 11.9 Å². The summed E-state index contributed by atoms with van der Waals surface area (Å²) in [7, 11) is 1.69. The third-order valence-electron chi connectivity index (χ3n) is 6.14. The van der Waals surface area contributed by atoms with E-state index in [1.165, 1.54) is 16.2 Å². The Kier molecular flexibility index (Phi) is 7.53. The predicted molar refractivity (Wildman–Crippen MR) is 118 cm³/mol. The Balaban J connectivity index is 1.48. The maximum Gasteiger partial charge on any atom is 0.278 e. The van der Waals surface area contributed by atoms with Gasteiger partial charge in [0, 0.05) is 18.2 Å². The number of nitrogens with zero attached hydrogens (tertiary/aromatic N) is 1. The van der Waals surface area contributed by atoms with Crippen LogP contribution in [0.5, 0.6) is 5.75 Å². The van der Waals surface area contributed by atoms with E-state index in [2.05, 4.69) is 60.5 Å².